The maximum absolute atomic E-state index is 12.0. The van der Waals surface area contributed by atoms with Gasteiger partial charge in [-0.2, -0.15) is 0 Å². The lowest BCUT2D eigenvalue weighted by Gasteiger charge is -2.28. The number of amides is 2. The van der Waals surface area contributed by atoms with Gasteiger partial charge in [0.05, 0.1) is 5.56 Å². The molecular formula is C17H28Cl2N4O2. The molecule has 25 heavy (non-hydrogen) atoms. The maximum atomic E-state index is 12.0. The smallest absolute Gasteiger partial charge is 0.252 e. The first-order valence-corrected chi connectivity index (χ1v) is 8.32. The van der Waals surface area contributed by atoms with Crippen LogP contribution in [0.15, 0.2) is 24.5 Å². The Balaban J connectivity index is 0.00000288. The van der Waals surface area contributed by atoms with Crippen LogP contribution in [0.4, 0.5) is 0 Å². The summed E-state index contributed by atoms with van der Waals surface area (Å²) in [5.74, 6) is 0.847. The summed E-state index contributed by atoms with van der Waals surface area (Å²) in [5, 5.41) is 9.02. The molecule has 1 aromatic rings. The lowest BCUT2D eigenvalue weighted by atomic mass is 9.85. The molecular weight excluding hydrogens is 363 g/mol. The fourth-order valence-corrected chi connectivity index (χ4v) is 2.87. The molecule has 0 spiro atoms. The van der Waals surface area contributed by atoms with Gasteiger partial charge in [0.25, 0.3) is 5.91 Å². The fourth-order valence-electron chi connectivity index (χ4n) is 2.87. The Hall–Kier alpha value is -1.37. The highest BCUT2D eigenvalue weighted by molar-refractivity contribution is 5.93. The molecule has 6 nitrogen and oxygen atoms in total. The van der Waals surface area contributed by atoms with Crippen LogP contribution in [0.1, 0.15) is 36.5 Å². The van der Waals surface area contributed by atoms with Gasteiger partial charge in [0.15, 0.2) is 0 Å². The minimum Gasteiger partial charge on any atom is -0.354 e. The summed E-state index contributed by atoms with van der Waals surface area (Å²) < 4.78 is 0. The highest BCUT2D eigenvalue weighted by Gasteiger charge is 2.21. The number of pyridine rings is 1. The highest BCUT2D eigenvalue weighted by Crippen LogP contribution is 2.22. The predicted molar refractivity (Wildman–Crippen MR) is 103 cm³/mol. The van der Waals surface area contributed by atoms with Crippen molar-refractivity contribution in [2.24, 2.45) is 11.8 Å². The van der Waals surface area contributed by atoms with Crippen molar-refractivity contribution in [3.8, 4) is 0 Å². The van der Waals surface area contributed by atoms with Crippen LogP contribution in [-0.4, -0.2) is 43.0 Å². The number of carbonyl (C=O) groups is 2. The lowest BCUT2D eigenvalue weighted by Crippen LogP contribution is -2.37. The third-order valence-corrected chi connectivity index (χ3v) is 4.30. The molecule has 3 N–H and O–H groups in total. The van der Waals surface area contributed by atoms with E-state index >= 15 is 0 Å². The molecule has 1 aliphatic heterocycles. The van der Waals surface area contributed by atoms with Crippen molar-refractivity contribution >= 4 is 36.6 Å². The minimum atomic E-state index is -0.172. The van der Waals surface area contributed by atoms with Crippen LogP contribution < -0.4 is 16.0 Å². The average molecular weight is 391 g/mol. The van der Waals surface area contributed by atoms with Gasteiger partial charge in [0, 0.05) is 31.9 Å². The van der Waals surface area contributed by atoms with Gasteiger partial charge in [-0.3, -0.25) is 14.6 Å². The first-order valence-electron chi connectivity index (χ1n) is 8.32. The van der Waals surface area contributed by atoms with Crippen LogP contribution in [-0.2, 0) is 4.79 Å². The zero-order chi connectivity index (χ0) is 16.5. The topological polar surface area (TPSA) is 83.1 Å². The molecule has 1 aromatic heterocycles. The molecule has 142 valence electrons. The minimum absolute atomic E-state index is 0. The summed E-state index contributed by atoms with van der Waals surface area (Å²) in [5.41, 5.74) is 0.525. The number of carbonyl (C=O) groups excluding carboxylic acids is 2. The molecule has 0 aliphatic carbocycles. The molecule has 0 saturated carbocycles. The summed E-state index contributed by atoms with van der Waals surface area (Å²) >= 11 is 0. The number of hydrogen-bond acceptors (Lipinski definition) is 4. The summed E-state index contributed by atoms with van der Waals surface area (Å²) in [7, 11) is 0. The van der Waals surface area contributed by atoms with Gasteiger partial charge in [-0.05, 0) is 49.9 Å². The van der Waals surface area contributed by atoms with Crippen molar-refractivity contribution in [2.75, 3.05) is 26.2 Å². The number of piperidine rings is 1. The van der Waals surface area contributed by atoms with Gasteiger partial charge >= 0.3 is 0 Å². The van der Waals surface area contributed by atoms with Crippen LogP contribution in [0.25, 0.3) is 0 Å². The van der Waals surface area contributed by atoms with E-state index in [1.54, 1.807) is 18.3 Å². The summed E-state index contributed by atoms with van der Waals surface area (Å²) in [6, 6.07) is 3.43. The Morgan fingerprint density at radius 2 is 2.08 bits per heavy atom. The maximum Gasteiger partial charge on any atom is 0.252 e. The number of halogens is 2. The van der Waals surface area contributed by atoms with E-state index < -0.39 is 0 Å². The molecule has 1 aliphatic rings. The quantitative estimate of drug-likeness (QED) is 0.619. The van der Waals surface area contributed by atoms with Crippen LogP contribution in [0.5, 0.6) is 0 Å². The fraction of sp³-hybridized carbons (Fsp3) is 0.588. The van der Waals surface area contributed by atoms with E-state index in [4.69, 9.17) is 0 Å². The van der Waals surface area contributed by atoms with Crippen LogP contribution in [0.3, 0.4) is 0 Å². The Bertz CT molecular complexity index is 511. The van der Waals surface area contributed by atoms with Gasteiger partial charge < -0.3 is 16.0 Å². The Morgan fingerprint density at radius 1 is 1.32 bits per heavy atom. The van der Waals surface area contributed by atoms with Crippen molar-refractivity contribution < 1.29 is 9.59 Å². The van der Waals surface area contributed by atoms with Crippen molar-refractivity contribution in [1.29, 1.82) is 0 Å². The van der Waals surface area contributed by atoms with Crippen LogP contribution >= 0.6 is 24.8 Å². The van der Waals surface area contributed by atoms with Gasteiger partial charge in [-0.25, -0.2) is 0 Å². The van der Waals surface area contributed by atoms with Crippen molar-refractivity contribution in [3.63, 3.8) is 0 Å². The van der Waals surface area contributed by atoms with E-state index in [9.17, 15) is 9.59 Å². The van der Waals surface area contributed by atoms with Crippen molar-refractivity contribution in [3.05, 3.63) is 30.1 Å². The van der Waals surface area contributed by atoms with Gasteiger partial charge in [-0.1, -0.05) is 6.92 Å². The summed E-state index contributed by atoms with van der Waals surface area (Å²) in [6.45, 7) is 5.10. The van der Waals surface area contributed by atoms with Crippen molar-refractivity contribution in [1.82, 2.24) is 20.9 Å². The van der Waals surface area contributed by atoms with E-state index in [1.165, 1.54) is 19.0 Å². The molecule has 8 heteroatoms. The molecule has 0 aromatic carbocycles. The molecule has 2 atom stereocenters. The Morgan fingerprint density at radius 3 is 2.72 bits per heavy atom. The molecule has 1 fully saturated rings. The molecule has 2 rings (SSSR count). The van der Waals surface area contributed by atoms with Gasteiger partial charge in [0.1, 0.15) is 0 Å². The summed E-state index contributed by atoms with van der Waals surface area (Å²) in [4.78, 5) is 27.7. The second kappa shape index (κ2) is 12.9. The van der Waals surface area contributed by atoms with E-state index in [-0.39, 0.29) is 36.6 Å². The number of hydrogen-bond donors (Lipinski definition) is 3. The summed E-state index contributed by atoms with van der Waals surface area (Å²) in [6.07, 6.45) is 6.08. The number of aromatic nitrogens is 1. The van der Waals surface area contributed by atoms with Crippen LogP contribution in [0.2, 0.25) is 0 Å². The average Bonchev–Trinajstić information content (AvgIpc) is 2.60. The number of nitrogens with one attached hydrogen (secondary N) is 3. The number of rotatable bonds is 7. The third-order valence-electron chi connectivity index (χ3n) is 4.30. The Kier molecular flexibility index (Phi) is 12.2. The molecule has 0 radical (unpaired) electrons. The second-order valence-corrected chi connectivity index (χ2v) is 6.14. The number of nitrogens with zero attached hydrogens (tertiary/aromatic N) is 1. The standard InChI is InChI=1S/C17H26N4O2.2ClH/c1-13(14-4-2-6-18-11-14)10-16(22)20-8-9-21-17(23)15-5-3-7-19-12-15;;/h3,5,7,12-14,18H,2,4,6,8-11H2,1H3,(H,20,22)(H,21,23);2*1H. The first-order chi connectivity index (χ1) is 11.2. The third kappa shape index (κ3) is 8.52. The molecule has 1 saturated heterocycles. The first kappa shape index (κ1) is 23.6. The van der Waals surface area contributed by atoms with Crippen LogP contribution in [0, 0.1) is 11.8 Å². The zero-order valence-electron chi connectivity index (χ0n) is 14.5. The van der Waals surface area contributed by atoms with E-state index in [0.717, 1.165) is 13.1 Å². The molecule has 0 bridgehead atoms. The monoisotopic (exact) mass is 390 g/mol. The van der Waals surface area contributed by atoms with Gasteiger partial charge in [0.2, 0.25) is 5.91 Å². The van der Waals surface area contributed by atoms with Crippen molar-refractivity contribution in [2.45, 2.75) is 26.2 Å². The lowest BCUT2D eigenvalue weighted by molar-refractivity contribution is -0.122. The molecule has 2 amide bonds. The zero-order valence-corrected chi connectivity index (χ0v) is 16.1. The second-order valence-electron chi connectivity index (χ2n) is 6.14. The molecule has 2 unspecified atom stereocenters. The van der Waals surface area contributed by atoms with E-state index in [0.29, 0.717) is 36.9 Å². The van der Waals surface area contributed by atoms with E-state index in [2.05, 4.69) is 27.9 Å². The predicted octanol–water partition coefficient (Wildman–Crippen LogP) is 1.80. The Labute approximate surface area is 161 Å². The molecule has 2 heterocycles. The highest BCUT2D eigenvalue weighted by atomic mass is 35.5. The van der Waals surface area contributed by atoms with E-state index in [1.807, 2.05) is 0 Å². The van der Waals surface area contributed by atoms with Gasteiger partial charge in [-0.15, -0.1) is 24.8 Å². The SMILES string of the molecule is CC(CC(=O)NCCNC(=O)c1cccnc1)C1CCCNC1.Cl.Cl. The largest absolute Gasteiger partial charge is 0.354 e. The normalized spacial score (nSPS) is 17.4.